The van der Waals surface area contributed by atoms with Crippen LogP contribution < -0.4 is 20.5 Å². The van der Waals surface area contributed by atoms with Gasteiger partial charge in [0.1, 0.15) is 22.9 Å². The number of nitrogens with one attached hydrogen (secondary N) is 2. The van der Waals surface area contributed by atoms with E-state index in [1.807, 2.05) is 12.3 Å². The summed E-state index contributed by atoms with van der Waals surface area (Å²) >= 11 is 6.16. The van der Waals surface area contributed by atoms with Gasteiger partial charge in [-0.1, -0.05) is 11.6 Å². The quantitative estimate of drug-likeness (QED) is 0.726. The number of halogens is 4. The molecule has 3 rings (SSSR count). The van der Waals surface area contributed by atoms with Crippen molar-refractivity contribution in [3.05, 3.63) is 65.4 Å². The molecule has 2 aromatic rings. The summed E-state index contributed by atoms with van der Waals surface area (Å²) in [6.45, 7) is 2.40. The normalized spacial score (nSPS) is 13.8. The summed E-state index contributed by atoms with van der Waals surface area (Å²) in [4.78, 5) is 8.13. The third-order valence-corrected chi connectivity index (χ3v) is 4.28. The second kappa shape index (κ2) is 8.39. The summed E-state index contributed by atoms with van der Waals surface area (Å²) in [5.41, 5.74) is 5.38. The number of anilines is 2. The van der Waals surface area contributed by atoms with Gasteiger partial charge in [0.2, 0.25) is 0 Å². The fourth-order valence-electron chi connectivity index (χ4n) is 2.48. The molecule has 0 unspecified atom stereocenters. The molecule has 2 heterocycles. The van der Waals surface area contributed by atoms with Gasteiger partial charge >= 0.3 is 6.36 Å². The predicted molar refractivity (Wildman–Crippen MR) is 101 cm³/mol. The Morgan fingerprint density at radius 1 is 1.21 bits per heavy atom. The lowest BCUT2D eigenvalue weighted by atomic mass is 10.2. The Labute approximate surface area is 164 Å². The maximum absolute atomic E-state index is 12.3. The molecule has 0 saturated carbocycles. The zero-order valence-electron chi connectivity index (χ0n) is 14.8. The highest BCUT2D eigenvalue weighted by Crippen LogP contribution is 2.26. The fourth-order valence-corrected chi connectivity index (χ4v) is 2.65. The molecule has 0 atom stereocenters. The standard InChI is InChI=1S/C18H17ClF3N5O/c1-12-16(19)17(25-11-24-12)23-8-6-13-7-9-26-27(10-13)14-2-4-15(5-3-14)28-18(20,21)22/h2-5,7,9-11,26H,6,8H2,1H3,(H,23,24,25). The van der Waals surface area contributed by atoms with Crippen molar-refractivity contribution >= 4 is 23.1 Å². The SMILES string of the molecule is Cc1ncnc(NCCC2=CN(c3ccc(OC(F)(F)F)cc3)NC=C2)c1Cl. The number of nitrogens with zero attached hydrogens (tertiary/aromatic N) is 3. The van der Waals surface area contributed by atoms with E-state index in [1.165, 1.54) is 30.6 Å². The summed E-state index contributed by atoms with van der Waals surface area (Å²) in [7, 11) is 0. The zero-order valence-corrected chi connectivity index (χ0v) is 15.6. The lowest BCUT2D eigenvalue weighted by molar-refractivity contribution is -0.274. The van der Waals surface area contributed by atoms with Crippen molar-refractivity contribution in [3.63, 3.8) is 0 Å². The second-order valence-corrected chi connectivity index (χ2v) is 6.25. The number of benzene rings is 1. The van der Waals surface area contributed by atoms with Crippen LogP contribution in [-0.2, 0) is 0 Å². The smallest absolute Gasteiger partial charge is 0.406 e. The highest BCUT2D eigenvalue weighted by atomic mass is 35.5. The molecule has 2 N–H and O–H groups in total. The molecule has 1 aliphatic rings. The maximum atomic E-state index is 12.3. The zero-order chi connectivity index (χ0) is 20.1. The van der Waals surface area contributed by atoms with Gasteiger partial charge in [-0.05, 0) is 49.3 Å². The summed E-state index contributed by atoms with van der Waals surface area (Å²) in [5, 5.41) is 5.35. The number of aromatic nitrogens is 2. The van der Waals surface area contributed by atoms with Crippen LogP contribution in [0.1, 0.15) is 12.1 Å². The van der Waals surface area contributed by atoms with Gasteiger partial charge in [0, 0.05) is 18.9 Å². The average molecular weight is 412 g/mol. The van der Waals surface area contributed by atoms with Crippen molar-refractivity contribution < 1.29 is 17.9 Å². The lowest BCUT2D eigenvalue weighted by Crippen LogP contribution is -2.31. The van der Waals surface area contributed by atoms with E-state index in [1.54, 1.807) is 18.1 Å². The molecule has 0 bridgehead atoms. The van der Waals surface area contributed by atoms with Gasteiger partial charge in [-0.3, -0.25) is 5.01 Å². The number of rotatable bonds is 6. The van der Waals surface area contributed by atoms with E-state index >= 15 is 0 Å². The number of ether oxygens (including phenoxy) is 1. The predicted octanol–water partition coefficient (Wildman–Crippen LogP) is 4.56. The average Bonchev–Trinajstić information content (AvgIpc) is 2.65. The topological polar surface area (TPSA) is 62.3 Å². The van der Waals surface area contributed by atoms with E-state index < -0.39 is 6.36 Å². The largest absolute Gasteiger partial charge is 0.573 e. The molecule has 10 heteroatoms. The lowest BCUT2D eigenvalue weighted by Gasteiger charge is -2.25. The third kappa shape index (κ3) is 5.29. The molecule has 0 spiro atoms. The van der Waals surface area contributed by atoms with Gasteiger partial charge in [-0.25, -0.2) is 9.97 Å². The first-order valence-electron chi connectivity index (χ1n) is 8.31. The van der Waals surface area contributed by atoms with Crippen LogP contribution in [0, 0.1) is 6.92 Å². The van der Waals surface area contributed by atoms with Gasteiger partial charge in [0.05, 0.1) is 11.4 Å². The van der Waals surface area contributed by atoms with Gasteiger partial charge in [0.25, 0.3) is 0 Å². The molecule has 0 radical (unpaired) electrons. The Hall–Kier alpha value is -2.94. The van der Waals surface area contributed by atoms with E-state index in [0.717, 1.165) is 5.57 Å². The maximum Gasteiger partial charge on any atom is 0.573 e. The summed E-state index contributed by atoms with van der Waals surface area (Å²) in [6.07, 6.45) is 2.93. The Morgan fingerprint density at radius 2 is 1.96 bits per heavy atom. The number of hydrogen-bond donors (Lipinski definition) is 2. The summed E-state index contributed by atoms with van der Waals surface area (Å²) in [5.74, 6) is 0.305. The van der Waals surface area contributed by atoms with Gasteiger partial charge in [0.15, 0.2) is 0 Å². The molecule has 1 aromatic heterocycles. The first kappa shape index (κ1) is 19.8. The van der Waals surface area contributed by atoms with E-state index in [2.05, 4.69) is 25.4 Å². The van der Waals surface area contributed by atoms with Gasteiger partial charge in [-0.2, -0.15) is 0 Å². The van der Waals surface area contributed by atoms with Gasteiger partial charge < -0.3 is 15.5 Å². The van der Waals surface area contributed by atoms with Crippen LogP contribution in [-0.4, -0.2) is 22.9 Å². The van der Waals surface area contributed by atoms with Crippen molar-refractivity contribution in [2.24, 2.45) is 0 Å². The Kier molecular flexibility index (Phi) is 5.93. The second-order valence-electron chi connectivity index (χ2n) is 5.88. The molecule has 1 aromatic carbocycles. The monoisotopic (exact) mass is 411 g/mol. The van der Waals surface area contributed by atoms with Crippen LogP contribution in [0.2, 0.25) is 5.02 Å². The van der Waals surface area contributed by atoms with Crippen LogP contribution in [0.25, 0.3) is 0 Å². The number of aryl methyl sites for hydroxylation is 1. The summed E-state index contributed by atoms with van der Waals surface area (Å²) in [6, 6.07) is 5.58. The number of hydrogen-bond acceptors (Lipinski definition) is 6. The van der Waals surface area contributed by atoms with Crippen LogP contribution in [0.5, 0.6) is 5.75 Å². The minimum atomic E-state index is -4.71. The minimum absolute atomic E-state index is 0.269. The van der Waals surface area contributed by atoms with Crippen molar-refractivity contribution in [2.45, 2.75) is 19.7 Å². The van der Waals surface area contributed by atoms with Crippen LogP contribution >= 0.6 is 11.6 Å². The highest BCUT2D eigenvalue weighted by Gasteiger charge is 2.31. The van der Waals surface area contributed by atoms with Crippen molar-refractivity contribution in [3.8, 4) is 5.75 Å². The molecule has 0 fully saturated rings. The number of allylic oxidation sites excluding steroid dienone is 1. The van der Waals surface area contributed by atoms with Crippen molar-refractivity contribution in [2.75, 3.05) is 16.9 Å². The number of hydrazine groups is 1. The van der Waals surface area contributed by atoms with Crippen LogP contribution in [0.3, 0.4) is 0 Å². The molecule has 0 saturated heterocycles. The fraction of sp³-hybridized carbons (Fsp3) is 0.222. The van der Waals surface area contributed by atoms with Gasteiger partial charge in [-0.15, -0.1) is 13.2 Å². The molecular formula is C18H17ClF3N5O. The molecule has 0 aliphatic carbocycles. The third-order valence-electron chi connectivity index (χ3n) is 3.82. The Bertz CT molecular complexity index is 884. The first-order valence-corrected chi connectivity index (χ1v) is 8.69. The van der Waals surface area contributed by atoms with Crippen LogP contribution in [0.4, 0.5) is 24.7 Å². The molecule has 0 amide bonds. The first-order chi connectivity index (χ1) is 13.3. The van der Waals surface area contributed by atoms with E-state index in [9.17, 15) is 13.2 Å². The molecule has 1 aliphatic heterocycles. The molecular weight excluding hydrogens is 395 g/mol. The molecule has 6 nitrogen and oxygen atoms in total. The molecule has 28 heavy (non-hydrogen) atoms. The molecule has 148 valence electrons. The highest BCUT2D eigenvalue weighted by molar-refractivity contribution is 6.33. The Morgan fingerprint density at radius 3 is 2.68 bits per heavy atom. The number of alkyl halides is 3. The van der Waals surface area contributed by atoms with E-state index in [-0.39, 0.29) is 5.75 Å². The van der Waals surface area contributed by atoms with E-state index in [0.29, 0.717) is 35.2 Å². The Balaban J connectivity index is 1.59. The summed E-state index contributed by atoms with van der Waals surface area (Å²) < 4.78 is 40.6. The van der Waals surface area contributed by atoms with Crippen molar-refractivity contribution in [1.82, 2.24) is 15.4 Å². The van der Waals surface area contributed by atoms with Crippen molar-refractivity contribution in [1.29, 1.82) is 0 Å². The minimum Gasteiger partial charge on any atom is -0.406 e. The van der Waals surface area contributed by atoms with Crippen LogP contribution in [0.15, 0.2) is 54.6 Å². The van der Waals surface area contributed by atoms with E-state index in [4.69, 9.17) is 11.6 Å².